The van der Waals surface area contributed by atoms with Crippen molar-refractivity contribution in [2.75, 3.05) is 7.11 Å². The Bertz CT molecular complexity index is 451. The van der Waals surface area contributed by atoms with Crippen molar-refractivity contribution in [2.24, 2.45) is 0 Å². The van der Waals surface area contributed by atoms with Crippen molar-refractivity contribution in [3.8, 4) is 5.75 Å². The molecule has 1 aromatic rings. The van der Waals surface area contributed by atoms with Crippen LogP contribution in [0.15, 0.2) is 22.7 Å². The van der Waals surface area contributed by atoms with Gasteiger partial charge in [0.1, 0.15) is 5.75 Å². The minimum atomic E-state index is -0.0867. The van der Waals surface area contributed by atoms with Gasteiger partial charge in [0.25, 0.3) is 0 Å². The molecule has 0 saturated carbocycles. The molecule has 4 heteroatoms. The number of hydrogen-bond acceptors (Lipinski definition) is 3. The second-order valence-corrected chi connectivity index (χ2v) is 6.51. The Hall–Kier alpha value is -0.580. The Morgan fingerprint density at radius 2 is 2.00 bits per heavy atom. The smallest absolute Gasteiger partial charge is 0.133 e. The summed E-state index contributed by atoms with van der Waals surface area (Å²) in [5.74, 6) is 0.876. The maximum absolute atomic E-state index is 9.84. The molecular formula is C15H20BrNO2. The van der Waals surface area contributed by atoms with Gasteiger partial charge in [-0.1, -0.05) is 6.07 Å². The van der Waals surface area contributed by atoms with E-state index in [1.165, 1.54) is 18.4 Å². The Kier molecular flexibility index (Phi) is 3.83. The van der Waals surface area contributed by atoms with Crippen LogP contribution in [-0.2, 0) is 6.54 Å². The summed E-state index contributed by atoms with van der Waals surface area (Å²) in [6.07, 6.45) is 4.26. The number of ether oxygens (including phenoxy) is 1. The Balaban J connectivity index is 1.73. The normalized spacial score (nSPS) is 30.6. The molecule has 19 heavy (non-hydrogen) atoms. The van der Waals surface area contributed by atoms with Crippen molar-refractivity contribution in [2.45, 2.75) is 50.4 Å². The number of fused-ring (bicyclic) bond motifs is 2. The minimum absolute atomic E-state index is 0.0867. The fourth-order valence-corrected chi connectivity index (χ4v) is 4.11. The van der Waals surface area contributed by atoms with Crippen LogP contribution in [0, 0.1) is 0 Å². The third kappa shape index (κ3) is 2.67. The molecule has 0 aliphatic carbocycles. The van der Waals surface area contributed by atoms with E-state index in [-0.39, 0.29) is 6.10 Å². The Morgan fingerprint density at radius 3 is 2.58 bits per heavy atom. The summed E-state index contributed by atoms with van der Waals surface area (Å²) in [7, 11) is 1.69. The van der Waals surface area contributed by atoms with Gasteiger partial charge in [-0.3, -0.25) is 4.90 Å². The van der Waals surface area contributed by atoms with E-state index >= 15 is 0 Å². The molecule has 2 bridgehead atoms. The standard InChI is InChI=1S/C15H20BrNO2/c1-19-15-5-2-10(6-14(15)16)9-17-11-3-4-12(17)8-13(18)7-11/h2,5-6,11-13,18H,3-4,7-9H2,1H3. The van der Waals surface area contributed by atoms with Gasteiger partial charge in [0.15, 0.2) is 0 Å². The van der Waals surface area contributed by atoms with Crippen molar-refractivity contribution < 1.29 is 9.84 Å². The van der Waals surface area contributed by atoms with Crippen molar-refractivity contribution >= 4 is 15.9 Å². The van der Waals surface area contributed by atoms with Crippen LogP contribution in [-0.4, -0.2) is 35.3 Å². The van der Waals surface area contributed by atoms with Gasteiger partial charge in [0.2, 0.25) is 0 Å². The highest BCUT2D eigenvalue weighted by Gasteiger charge is 2.39. The van der Waals surface area contributed by atoms with E-state index in [4.69, 9.17) is 4.74 Å². The van der Waals surface area contributed by atoms with Crippen LogP contribution in [0.2, 0.25) is 0 Å². The lowest BCUT2D eigenvalue weighted by molar-refractivity contribution is 0.0310. The number of rotatable bonds is 3. The van der Waals surface area contributed by atoms with Crippen LogP contribution >= 0.6 is 15.9 Å². The van der Waals surface area contributed by atoms with Gasteiger partial charge in [0, 0.05) is 18.6 Å². The predicted molar refractivity (Wildman–Crippen MR) is 78.3 cm³/mol. The number of benzene rings is 1. The zero-order valence-electron chi connectivity index (χ0n) is 11.2. The summed E-state index contributed by atoms with van der Waals surface area (Å²) in [6, 6.07) is 7.42. The van der Waals surface area contributed by atoms with Crippen LogP contribution < -0.4 is 4.74 Å². The number of hydrogen-bond donors (Lipinski definition) is 1. The molecule has 2 aliphatic heterocycles. The Morgan fingerprint density at radius 1 is 1.32 bits per heavy atom. The molecule has 1 aromatic carbocycles. The van der Waals surface area contributed by atoms with Crippen LogP contribution in [0.25, 0.3) is 0 Å². The first-order valence-electron chi connectivity index (χ1n) is 6.93. The maximum Gasteiger partial charge on any atom is 0.133 e. The first kappa shape index (κ1) is 13.4. The second-order valence-electron chi connectivity index (χ2n) is 5.65. The van der Waals surface area contributed by atoms with Crippen molar-refractivity contribution in [1.29, 1.82) is 0 Å². The van der Waals surface area contributed by atoms with E-state index in [1.807, 2.05) is 6.07 Å². The van der Waals surface area contributed by atoms with Crippen LogP contribution in [0.5, 0.6) is 5.75 Å². The predicted octanol–water partition coefficient (Wildman–Crippen LogP) is 2.95. The van der Waals surface area contributed by atoms with Crippen molar-refractivity contribution in [1.82, 2.24) is 4.90 Å². The van der Waals surface area contributed by atoms with Crippen LogP contribution in [0.4, 0.5) is 0 Å². The summed E-state index contributed by atoms with van der Waals surface area (Å²) in [5.41, 5.74) is 1.31. The van der Waals surface area contributed by atoms with E-state index in [1.54, 1.807) is 7.11 Å². The fraction of sp³-hybridized carbons (Fsp3) is 0.600. The fourth-order valence-electron chi connectivity index (χ4n) is 3.52. The number of aliphatic hydroxyl groups excluding tert-OH is 1. The molecular weight excluding hydrogens is 306 g/mol. The molecule has 1 N–H and O–H groups in total. The van der Waals surface area contributed by atoms with Gasteiger partial charge in [-0.05, 0) is 59.3 Å². The number of halogens is 1. The monoisotopic (exact) mass is 325 g/mol. The average molecular weight is 326 g/mol. The first-order chi connectivity index (χ1) is 9.17. The molecule has 2 saturated heterocycles. The molecule has 0 aromatic heterocycles. The second kappa shape index (κ2) is 5.43. The summed E-state index contributed by atoms with van der Waals surface area (Å²) in [5, 5.41) is 9.84. The van der Waals surface area contributed by atoms with Gasteiger partial charge in [0.05, 0.1) is 17.7 Å². The number of methoxy groups -OCH3 is 1. The van der Waals surface area contributed by atoms with Gasteiger partial charge in [-0.15, -0.1) is 0 Å². The van der Waals surface area contributed by atoms with Gasteiger partial charge in [-0.25, -0.2) is 0 Å². The molecule has 104 valence electrons. The summed E-state index contributed by atoms with van der Waals surface area (Å²) < 4.78 is 6.28. The van der Waals surface area contributed by atoms with Crippen molar-refractivity contribution in [3.05, 3.63) is 28.2 Å². The third-order valence-electron chi connectivity index (χ3n) is 4.44. The van der Waals surface area contributed by atoms with E-state index < -0.39 is 0 Å². The summed E-state index contributed by atoms with van der Waals surface area (Å²) in [6.45, 7) is 0.977. The number of piperidine rings is 1. The zero-order valence-corrected chi connectivity index (χ0v) is 12.8. The molecule has 0 radical (unpaired) electrons. The number of nitrogens with zero attached hydrogens (tertiary/aromatic N) is 1. The van der Waals surface area contributed by atoms with Gasteiger partial charge in [-0.2, -0.15) is 0 Å². The van der Waals surface area contributed by atoms with Gasteiger partial charge >= 0.3 is 0 Å². The minimum Gasteiger partial charge on any atom is -0.496 e. The van der Waals surface area contributed by atoms with Crippen LogP contribution in [0.1, 0.15) is 31.2 Å². The first-order valence-corrected chi connectivity index (χ1v) is 7.73. The quantitative estimate of drug-likeness (QED) is 0.927. The topological polar surface area (TPSA) is 32.7 Å². The molecule has 3 rings (SSSR count). The largest absolute Gasteiger partial charge is 0.496 e. The van der Waals surface area contributed by atoms with E-state index in [9.17, 15) is 5.11 Å². The van der Waals surface area contributed by atoms with E-state index in [2.05, 4.69) is 33.0 Å². The average Bonchev–Trinajstić information content (AvgIpc) is 2.62. The lowest BCUT2D eigenvalue weighted by Crippen LogP contribution is -2.44. The summed E-state index contributed by atoms with van der Waals surface area (Å²) >= 11 is 3.54. The summed E-state index contributed by atoms with van der Waals surface area (Å²) in [4.78, 5) is 2.57. The van der Waals surface area contributed by atoms with Crippen LogP contribution in [0.3, 0.4) is 0 Å². The molecule has 2 heterocycles. The van der Waals surface area contributed by atoms with Crippen molar-refractivity contribution in [3.63, 3.8) is 0 Å². The molecule has 0 spiro atoms. The highest BCUT2D eigenvalue weighted by molar-refractivity contribution is 9.10. The lowest BCUT2D eigenvalue weighted by atomic mass is 9.99. The van der Waals surface area contributed by atoms with Gasteiger partial charge < -0.3 is 9.84 Å². The lowest BCUT2D eigenvalue weighted by Gasteiger charge is -2.37. The molecule has 3 nitrogen and oxygen atoms in total. The molecule has 2 aliphatic rings. The Labute approximate surface area is 122 Å². The highest BCUT2D eigenvalue weighted by Crippen LogP contribution is 2.37. The zero-order chi connectivity index (χ0) is 13.4. The maximum atomic E-state index is 9.84. The molecule has 0 amide bonds. The molecule has 2 fully saturated rings. The third-order valence-corrected chi connectivity index (χ3v) is 5.06. The number of aliphatic hydroxyl groups is 1. The molecule has 2 atom stereocenters. The molecule has 2 unspecified atom stereocenters. The van der Waals surface area contributed by atoms with E-state index in [0.29, 0.717) is 12.1 Å². The highest BCUT2D eigenvalue weighted by atomic mass is 79.9. The van der Waals surface area contributed by atoms with E-state index in [0.717, 1.165) is 29.6 Å². The SMILES string of the molecule is COc1ccc(CN2C3CCC2CC(O)C3)cc1Br.